The molecule has 0 heterocycles. The fraction of sp³-hybridized carbons (Fsp3) is 0.611. The molecule has 0 saturated heterocycles. The van der Waals surface area contributed by atoms with Crippen LogP contribution in [0.3, 0.4) is 0 Å². The number of ketones is 1. The molecule has 0 aromatic heterocycles. The third kappa shape index (κ3) is 11.9. The lowest BCUT2D eigenvalue weighted by molar-refractivity contribution is -0.116. The van der Waals surface area contributed by atoms with Gasteiger partial charge in [0.05, 0.1) is 6.61 Å². The molecule has 0 unspecified atom stereocenters. The molecule has 0 aromatic rings. The van der Waals surface area contributed by atoms with E-state index >= 15 is 0 Å². The number of aliphatic hydroxyl groups is 1. The van der Waals surface area contributed by atoms with Crippen LogP contribution in [0.2, 0.25) is 0 Å². The molecule has 1 N–H and O–H groups in total. The lowest BCUT2D eigenvalue weighted by atomic mass is 10.1. The predicted octanol–water partition coefficient (Wildman–Crippen LogP) is 4.75. The molecule has 0 aliphatic rings. The van der Waals surface area contributed by atoms with Gasteiger partial charge in [0.15, 0.2) is 0 Å². The summed E-state index contributed by atoms with van der Waals surface area (Å²) in [5.41, 5.74) is 3.82. The summed E-state index contributed by atoms with van der Waals surface area (Å²) in [5.74, 6) is 0.260. The van der Waals surface area contributed by atoms with E-state index in [1.54, 1.807) is 6.92 Å². The average molecular weight is 278 g/mol. The fourth-order valence-corrected chi connectivity index (χ4v) is 1.88. The number of aliphatic hydroxyl groups excluding tert-OH is 1. The highest BCUT2D eigenvalue weighted by molar-refractivity contribution is 5.75. The highest BCUT2D eigenvalue weighted by Crippen LogP contribution is 2.12. The summed E-state index contributed by atoms with van der Waals surface area (Å²) in [7, 11) is 0. The number of allylic oxidation sites excluding steroid dienone is 5. The van der Waals surface area contributed by atoms with E-state index in [9.17, 15) is 4.79 Å². The standard InChI is InChI=1S/C18H30O2/c1-15(10-6-12-17(3)14-19)8-5-9-16(2)11-7-13-18(4)20/h8,11-12,19H,5-7,9-10,13-14H2,1-4H3/b15-8+,16-11+,17-12+. The van der Waals surface area contributed by atoms with Gasteiger partial charge in [-0.25, -0.2) is 0 Å². The first-order chi connectivity index (χ1) is 9.45. The van der Waals surface area contributed by atoms with Gasteiger partial charge in [0.25, 0.3) is 0 Å². The van der Waals surface area contributed by atoms with Crippen LogP contribution < -0.4 is 0 Å². The monoisotopic (exact) mass is 278 g/mol. The average Bonchev–Trinajstić information content (AvgIpc) is 2.38. The second-order valence-electron chi connectivity index (χ2n) is 5.63. The maximum Gasteiger partial charge on any atom is 0.130 e. The number of hydrogen-bond donors (Lipinski definition) is 1. The van der Waals surface area contributed by atoms with Gasteiger partial charge in [-0.1, -0.05) is 34.9 Å². The first kappa shape index (κ1) is 18.9. The van der Waals surface area contributed by atoms with E-state index in [-0.39, 0.29) is 12.4 Å². The van der Waals surface area contributed by atoms with Crippen LogP contribution in [0.4, 0.5) is 0 Å². The van der Waals surface area contributed by atoms with Gasteiger partial charge in [-0.3, -0.25) is 0 Å². The van der Waals surface area contributed by atoms with E-state index in [1.807, 2.05) is 6.92 Å². The predicted molar refractivity (Wildman–Crippen MR) is 86.7 cm³/mol. The van der Waals surface area contributed by atoms with Gasteiger partial charge in [-0.15, -0.1) is 0 Å². The highest BCUT2D eigenvalue weighted by Gasteiger charge is 1.94. The van der Waals surface area contributed by atoms with Gasteiger partial charge >= 0.3 is 0 Å². The minimum atomic E-state index is 0.160. The van der Waals surface area contributed by atoms with Crippen LogP contribution in [-0.2, 0) is 4.79 Å². The van der Waals surface area contributed by atoms with Crippen molar-refractivity contribution < 1.29 is 9.90 Å². The van der Waals surface area contributed by atoms with Crippen molar-refractivity contribution >= 4 is 5.78 Å². The Hall–Kier alpha value is -1.15. The second kappa shape index (κ2) is 11.7. The molecule has 0 aliphatic heterocycles. The molecule has 0 bridgehead atoms. The molecule has 0 rings (SSSR count). The zero-order chi connectivity index (χ0) is 15.4. The van der Waals surface area contributed by atoms with Crippen LogP contribution in [0.1, 0.15) is 66.2 Å². The van der Waals surface area contributed by atoms with Crippen molar-refractivity contribution in [1.82, 2.24) is 0 Å². The quantitative estimate of drug-likeness (QED) is 0.586. The van der Waals surface area contributed by atoms with Crippen molar-refractivity contribution in [3.8, 4) is 0 Å². The number of Topliss-reactive ketones (excluding diaryl/α,β-unsaturated/α-hetero) is 1. The van der Waals surface area contributed by atoms with Crippen molar-refractivity contribution in [2.75, 3.05) is 6.61 Å². The molecule has 2 nitrogen and oxygen atoms in total. The largest absolute Gasteiger partial charge is 0.392 e. The Morgan fingerprint density at radius 3 is 1.55 bits per heavy atom. The summed E-state index contributed by atoms with van der Waals surface area (Å²) < 4.78 is 0. The Labute approximate surface area is 124 Å². The smallest absolute Gasteiger partial charge is 0.130 e. The van der Waals surface area contributed by atoms with E-state index in [0.717, 1.165) is 37.7 Å². The zero-order valence-corrected chi connectivity index (χ0v) is 13.5. The summed E-state index contributed by atoms with van der Waals surface area (Å²) in [6.45, 7) is 8.05. The summed E-state index contributed by atoms with van der Waals surface area (Å²) in [6, 6.07) is 0. The third-order valence-electron chi connectivity index (χ3n) is 3.30. The van der Waals surface area contributed by atoms with Gasteiger partial charge in [-0.05, 0) is 59.8 Å². The molecule has 20 heavy (non-hydrogen) atoms. The molecular weight excluding hydrogens is 248 g/mol. The Bertz CT molecular complexity index is 373. The van der Waals surface area contributed by atoms with E-state index < -0.39 is 0 Å². The van der Waals surface area contributed by atoms with Gasteiger partial charge < -0.3 is 9.90 Å². The maximum absolute atomic E-state index is 10.8. The lowest BCUT2D eigenvalue weighted by Gasteiger charge is -2.01. The Kier molecular flexibility index (Phi) is 11.0. The van der Waals surface area contributed by atoms with Crippen molar-refractivity contribution in [2.45, 2.75) is 66.2 Å². The second-order valence-corrected chi connectivity index (χ2v) is 5.63. The minimum absolute atomic E-state index is 0.160. The Balaban J connectivity index is 3.89. The molecule has 0 fully saturated rings. The van der Waals surface area contributed by atoms with Crippen LogP contribution in [0.25, 0.3) is 0 Å². The van der Waals surface area contributed by atoms with Gasteiger partial charge in [0.1, 0.15) is 5.78 Å². The van der Waals surface area contributed by atoms with Crippen LogP contribution in [0.15, 0.2) is 34.9 Å². The summed E-state index contributed by atoms with van der Waals surface area (Å²) in [6.07, 6.45) is 12.3. The summed E-state index contributed by atoms with van der Waals surface area (Å²) in [5, 5.41) is 8.90. The molecule has 0 amide bonds. The lowest BCUT2D eigenvalue weighted by Crippen LogP contribution is -1.87. The molecule has 2 heteroatoms. The first-order valence-corrected chi connectivity index (χ1v) is 7.53. The summed E-state index contributed by atoms with van der Waals surface area (Å²) >= 11 is 0. The topological polar surface area (TPSA) is 37.3 Å². The molecule has 0 spiro atoms. The van der Waals surface area contributed by atoms with Crippen LogP contribution in [0.5, 0.6) is 0 Å². The van der Waals surface area contributed by atoms with E-state index in [0.29, 0.717) is 6.42 Å². The number of carbonyl (C=O) groups excluding carboxylic acids is 1. The Morgan fingerprint density at radius 1 is 0.750 bits per heavy atom. The van der Waals surface area contributed by atoms with Crippen LogP contribution >= 0.6 is 0 Å². The van der Waals surface area contributed by atoms with E-state index in [4.69, 9.17) is 5.11 Å². The molecule has 114 valence electrons. The van der Waals surface area contributed by atoms with Crippen molar-refractivity contribution in [3.63, 3.8) is 0 Å². The van der Waals surface area contributed by atoms with Gasteiger partial charge in [0, 0.05) is 6.42 Å². The molecule has 0 aromatic carbocycles. The van der Waals surface area contributed by atoms with E-state index in [1.165, 1.54) is 11.1 Å². The number of carbonyl (C=O) groups is 1. The van der Waals surface area contributed by atoms with Crippen molar-refractivity contribution in [2.24, 2.45) is 0 Å². The number of hydrogen-bond acceptors (Lipinski definition) is 2. The minimum Gasteiger partial charge on any atom is -0.392 e. The van der Waals surface area contributed by atoms with Crippen molar-refractivity contribution in [1.29, 1.82) is 0 Å². The first-order valence-electron chi connectivity index (χ1n) is 7.53. The number of rotatable bonds is 10. The molecule has 0 radical (unpaired) electrons. The normalized spacial score (nSPS) is 13.8. The molecular formula is C18H30O2. The Morgan fingerprint density at radius 2 is 1.15 bits per heavy atom. The summed E-state index contributed by atoms with van der Waals surface area (Å²) in [4.78, 5) is 10.8. The third-order valence-corrected chi connectivity index (χ3v) is 3.30. The van der Waals surface area contributed by atoms with E-state index in [2.05, 4.69) is 32.1 Å². The fourth-order valence-electron chi connectivity index (χ4n) is 1.88. The highest BCUT2D eigenvalue weighted by atomic mass is 16.3. The van der Waals surface area contributed by atoms with Crippen LogP contribution in [0, 0.1) is 0 Å². The molecule has 0 atom stereocenters. The van der Waals surface area contributed by atoms with Gasteiger partial charge in [0.2, 0.25) is 0 Å². The molecule has 0 saturated carbocycles. The maximum atomic E-state index is 10.8. The van der Waals surface area contributed by atoms with Gasteiger partial charge in [-0.2, -0.15) is 0 Å². The molecule has 0 aliphatic carbocycles. The van der Waals surface area contributed by atoms with Crippen molar-refractivity contribution in [3.05, 3.63) is 34.9 Å². The zero-order valence-electron chi connectivity index (χ0n) is 13.5. The SMILES string of the molecule is CC(=O)CC/C=C(\C)CC/C=C(\C)CC/C=C(\C)CO. The van der Waals surface area contributed by atoms with Crippen LogP contribution in [-0.4, -0.2) is 17.5 Å².